The highest BCUT2D eigenvalue weighted by Gasteiger charge is 2.32. The van der Waals surface area contributed by atoms with Crippen molar-refractivity contribution in [3.63, 3.8) is 0 Å². The van der Waals surface area contributed by atoms with Gasteiger partial charge in [0.25, 0.3) is 0 Å². The Morgan fingerprint density at radius 3 is 2.19 bits per heavy atom. The van der Waals surface area contributed by atoms with Crippen LogP contribution in [0.3, 0.4) is 0 Å². The SMILES string of the molecule is CCc1ccc(C(O)c2cc(C(F)(F)F)ccc2F)cc1. The van der Waals surface area contributed by atoms with Crippen molar-refractivity contribution in [3.05, 3.63) is 70.5 Å². The largest absolute Gasteiger partial charge is 0.416 e. The van der Waals surface area contributed by atoms with Gasteiger partial charge in [0.15, 0.2) is 0 Å². The van der Waals surface area contributed by atoms with E-state index >= 15 is 0 Å². The number of hydrogen-bond acceptors (Lipinski definition) is 1. The number of halogens is 4. The smallest absolute Gasteiger partial charge is 0.384 e. The van der Waals surface area contributed by atoms with Crippen LogP contribution >= 0.6 is 0 Å². The molecule has 0 bridgehead atoms. The predicted octanol–water partition coefficient (Wildman–Crippen LogP) is 4.49. The molecular formula is C16H14F4O. The Morgan fingerprint density at radius 1 is 1.05 bits per heavy atom. The van der Waals surface area contributed by atoms with Gasteiger partial charge in [-0.05, 0) is 35.7 Å². The van der Waals surface area contributed by atoms with Crippen molar-refractivity contribution in [1.29, 1.82) is 0 Å². The molecule has 0 radical (unpaired) electrons. The number of aliphatic hydroxyl groups excluding tert-OH is 1. The van der Waals surface area contributed by atoms with E-state index in [4.69, 9.17) is 0 Å². The minimum absolute atomic E-state index is 0.352. The lowest BCUT2D eigenvalue weighted by Gasteiger charge is -2.15. The zero-order valence-electron chi connectivity index (χ0n) is 11.3. The van der Waals surface area contributed by atoms with Gasteiger partial charge in [0, 0.05) is 5.56 Å². The predicted molar refractivity (Wildman–Crippen MR) is 71.3 cm³/mol. The van der Waals surface area contributed by atoms with E-state index in [1.54, 1.807) is 24.3 Å². The highest BCUT2D eigenvalue weighted by atomic mass is 19.4. The van der Waals surface area contributed by atoms with Crippen LogP contribution in [0.25, 0.3) is 0 Å². The van der Waals surface area contributed by atoms with Crippen molar-refractivity contribution in [2.45, 2.75) is 25.6 Å². The van der Waals surface area contributed by atoms with E-state index in [1.807, 2.05) is 6.92 Å². The van der Waals surface area contributed by atoms with Crippen LogP contribution in [0.4, 0.5) is 17.6 Å². The Hall–Kier alpha value is -1.88. The second-order valence-corrected chi connectivity index (χ2v) is 4.73. The fourth-order valence-corrected chi connectivity index (χ4v) is 2.04. The minimum atomic E-state index is -4.58. The number of hydrogen-bond donors (Lipinski definition) is 1. The Morgan fingerprint density at radius 2 is 1.67 bits per heavy atom. The number of rotatable bonds is 3. The standard InChI is InChI=1S/C16H14F4O/c1-2-10-3-5-11(6-4-10)15(21)13-9-12(16(18,19)20)7-8-14(13)17/h3-9,15,21H,2H2,1H3. The van der Waals surface area contributed by atoms with Crippen molar-refractivity contribution >= 4 is 0 Å². The molecule has 1 nitrogen and oxygen atoms in total. The van der Waals surface area contributed by atoms with Crippen LogP contribution in [0.1, 0.15) is 35.3 Å². The lowest BCUT2D eigenvalue weighted by molar-refractivity contribution is -0.137. The number of aryl methyl sites for hydroxylation is 1. The molecule has 1 unspecified atom stereocenters. The quantitative estimate of drug-likeness (QED) is 0.828. The second kappa shape index (κ2) is 5.85. The first-order valence-corrected chi connectivity index (χ1v) is 6.46. The molecule has 0 heterocycles. The average Bonchev–Trinajstić information content (AvgIpc) is 2.46. The highest BCUT2D eigenvalue weighted by Crippen LogP contribution is 2.33. The zero-order chi connectivity index (χ0) is 15.6. The van der Waals surface area contributed by atoms with Crippen LogP contribution in [0.5, 0.6) is 0 Å². The average molecular weight is 298 g/mol. The second-order valence-electron chi connectivity index (χ2n) is 4.73. The Bertz CT molecular complexity index is 617. The molecule has 2 aromatic carbocycles. The van der Waals surface area contributed by atoms with E-state index in [9.17, 15) is 22.7 Å². The highest BCUT2D eigenvalue weighted by molar-refractivity contribution is 5.35. The Labute approximate surface area is 119 Å². The summed E-state index contributed by atoms with van der Waals surface area (Å²) in [5.41, 5.74) is 0.0121. The van der Waals surface area contributed by atoms with Crippen molar-refractivity contribution in [1.82, 2.24) is 0 Å². The molecule has 0 aliphatic rings. The first-order valence-electron chi connectivity index (χ1n) is 6.46. The lowest BCUT2D eigenvalue weighted by atomic mass is 9.98. The molecule has 0 aliphatic heterocycles. The van der Waals surface area contributed by atoms with Gasteiger partial charge in [-0.15, -0.1) is 0 Å². The molecule has 0 amide bonds. The van der Waals surface area contributed by atoms with Gasteiger partial charge >= 0.3 is 6.18 Å². The van der Waals surface area contributed by atoms with Crippen LogP contribution in [0.15, 0.2) is 42.5 Å². The fraction of sp³-hybridized carbons (Fsp3) is 0.250. The molecule has 2 aromatic rings. The summed E-state index contributed by atoms with van der Waals surface area (Å²) in [6.45, 7) is 1.96. The molecule has 1 atom stereocenters. The van der Waals surface area contributed by atoms with Crippen molar-refractivity contribution in [3.8, 4) is 0 Å². The summed E-state index contributed by atoms with van der Waals surface area (Å²) in [5, 5.41) is 10.1. The summed E-state index contributed by atoms with van der Waals surface area (Å²) in [6.07, 6.45) is -5.21. The molecule has 1 N–H and O–H groups in total. The third-order valence-corrected chi connectivity index (χ3v) is 3.32. The van der Waals surface area contributed by atoms with Gasteiger partial charge in [0.05, 0.1) is 5.56 Å². The van der Waals surface area contributed by atoms with Crippen molar-refractivity contribution < 1.29 is 22.7 Å². The molecule has 5 heteroatoms. The molecule has 0 saturated carbocycles. The van der Waals surface area contributed by atoms with Crippen LogP contribution in [-0.2, 0) is 12.6 Å². The summed E-state index contributed by atoms with van der Waals surface area (Å²) in [5.74, 6) is -0.866. The third kappa shape index (κ3) is 3.42. The maximum Gasteiger partial charge on any atom is 0.416 e. The Kier molecular flexibility index (Phi) is 4.32. The van der Waals surface area contributed by atoms with E-state index in [0.29, 0.717) is 17.7 Å². The van der Waals surface area contributed by atoms with Gasteiger partial charge in [0.2, 0.25) is 0 Å². The van der Waals surface area contributed by atoms with E-state index in [2.05, 4.69) is 0 Å². The summed E-state index contributed by atoms with van der Waals surface area (Å²) in [4.78, 5) is 0. The first-order chi connectivity index (χ1) is 9.82. The molecule has 0 saturated heterocycles. The van der Waals surface area contributed by atoms with Crippen LogP contribution in [-0.4, -0.2) is 5.11 Å². The molecule has 2 rings (SSSR count). The summed E-state index contributed by atoms with van der Waals surface area (Å²) in [6, 6.07) is 8.71. The Balaban J connectivity index is 2.39. The minimum Gasteiger partial charge on any atom is -0.384 e. The normalized spacial score (nSPS) is 13.2. The molecule has 0 fully saturated rings. The lowest BCUT2D eigenvalue weighted by Crippen LogP contribution is -2.09. The van der Waals surface area contributed by atoms with E-state index in [0.717, 1.165) is 18.1 Å². The van der Waals surface area contributed by atoms with Gasteiger partial charge in [-0.1, -0.05) is 31.2 Å². The molecule has 0 aliphatic carbocycles. The molecule has 21 heavy (non-hydrogen) atoms. The molecule has 0 spiro atoms. The van der Waals surface area contributed by atoms with Crippen molar-refractivity contribution in [2.24, 2.45) is 0 Å². The number of benzene rings is 2. The van der Waals surface area contributed by atoms with E-state index < -0.39 is 23.7 Å². The van der Waals surface area contributed by atoms with Crippen LogP contribution in [0, 0.1) is 5.82 Å². The molecular weight excluding hydrogens is 284 g/mol. The van der Waals surface area contributed by atoms with Gasteiger partial charge in [-0.3, -0.25) is 0 Å². The molecule has 0 aromatic heterocycles. The summed E-state index contributed by atoms with van der Waals surface area (Å²) >= 11 is 0. The van der Waals surface area contributed by atoms with Crippen molar-refractivity contribution in [2.75, 3.05) is 0 Å². The van der Waals surface area contributed by atoms with Gasteiger partial charge in [-0.2, -0.15) is 13.2 Å². The maximum absolute atomic E-state index is 13.7. The topological polar surface area (TPSA) is 20.2 Å². The van der Waals surface area contributed by atoms with Crippen LogP contribution < -0.4 is 0 Å². The molecule has 112 valence electrons. The third-order valence-electron chi connectivity index (χ3n) is 3.32. The fourth-order valence-electron chi connectivity index (χ4n) is 2.04. The maximum atomic E-state index is 13.7. The number of alkyl halides is 3. The zero-order valence-corrected chi connectivity index (χ0v) is 11.3. The summed E-state index contributed by atoms with van der Waals surface area (Å²) < 4.78 is 51.7. The van der Waals surface area contributed by atoms with Gasteiger partial charge in [-0.25, -0.2) is 4.39 Å². The first kappa shape index (κ1) is 15.5. The monoisotopic (exact) mass is 298 g/mol. The van der Waals surface area contributed by atoms with Gasteiger partial charge < -0.3 is 5.11 Å². The van der Waals surface area contributed by atoms with E-state index in [1.165, 1.54) is 0 Å². The van der Waals surface area contributed by atoms with Crippen LogP contribution in [0.2, 0.25) is 0 Å². The van der Waals surface area contributed by atoms with E-state index in [-0.39, 0.29) is 5.56 Å². The number of aliphatic hydroxyl groups is 1. The van der Waals surface area contributed by atoms with Gasteiger partial charge in [0.1, 0.15) is 11.9 Å². The summed E-state index contributed by atoms with van der Waals surface area (Å²) in [7, 11) is 0.